The topological polar surface area (TPSA) is 24.1 Å². The van der Waals surface area contributed by atoms with Gasteiger partial charge < -0.3 is 10.6 Å². The van der Waals surface area contributed by atoms with Crippen LogP contribution >= 0.6 is 0 Å². The quantitative estimate of drug-likeness (QED) is 0.682. The first-order chi connectivity index (χ1) is 6.20. The van der Waals surface area contributed by atoms with Crippen LogP contribution in [0.2, 0.25) is 0 Å². The Bertz CT molecular complexity index is 218. The number of allylic oxidation sites excluding steroid dienone is 1. The fraction of sp³-hybridized carbons (Fsp3) is 0.636. The van der Waals surface area contributed by atoms with Gasteiger partial charge in [-0.25, -0.2) is 0 Å². The Morgan fingerprint density at radius 1 is 1.38 bits per heavy atom. The van der Waals surface area contributed by atoms with Crippen LogP contribution in [-0.2, 0) is 0 Å². The monoisotopic (exact) mass is 180 g/mol. The molecule has 1 atom stereocenters. The first kappa shape index (κ1) is 10.5. The van der Waals surface area contributed by atoms with Crippen LogP contribution in [0.4, 0.5) is 0 Å². The number of likely N-dealkylation sites (N-methyl/N-ethyl adjacent to an activating group) is 1. The van der Waals surface area contributed by atoms with Gasteiger partial charge in [-0.1, -0.05) is 25.2 Å². The largest absolute Gasteiger partial charge is 0.319 e. The van der Waals surface area contributed by atoms with Crippen molar-refractivity contribution in [2.75, 3.05) is 27.2 Å². The summed E-state index contributed by atoms with van der Waals surface area (Å²) in [6, 6.07) is 0. The Morgan fingerprint density at radius 3 is 2.62 bits per heavy atom. The standard InChI is InChI=1S/C11H20N2/c1-11(9-13-3)6-4-10(5-7-11)8-12-2/h4-6,12-13H,7-9H2,1-3H3. The lowest BCUT2D eigenvalue weighted by Crippen LogP contribution is -2.29. The van der Waals surface area contributed by atoms with Crippen molar-refractivity contribution in [2.45, 2.75) is 13.3 Å². The lowest BCUT2D eigenvalue weighted by atomic mass is 9.82. The zero-order chi connectivity index (χ0) is 9.73. The molecule has 2 nitrogen and oxygen atoms in total. The first-order valence-corrected chi connectivity index (χ1v) is 4.88. The number of nitrogens with one attached hydrogen (secondary N) is 2. The molecule has 0 saturated carbocycles. The van der Waals surface area contributed by atoms with E-state index in [9.17, 15) is 0 Å². The molecular weight excluding hydrogens is 160 g/mol. The van der Waals surface area contributed by atoms with Gasteiger partial charge in [-0.15, -0.1) is 0 Å². The molecule has 0 bridgehead atoms. The Morgan fingerprint density at radius 2 is 2.15 bits per heavy atom. The van der Waals surface area contributed by atoms with Gasteiger partial charge in [0, 0.05) is 18.5 Å². The van der Waals surface area contributed by atoms with Crippen LogP contribution in [0.5, 0.6) is 0 Å². The SMILES string of the molecule is CNCC1=CCC(C)(CNC)C=C1. The third-order valence-electron chi connectivity index (χ3n) is 2.49. The minimum Gasteiger partial charge on any atom is -0.319 e. The zero-order valence-electron chi connectivity index (χ0n) is 8.85. The predicted molar refractivity (Wildman–Crippen MR) is 57.8 cm³/mol. The smallest absolute Gasteiger partial charge is 0.0199 e. The molecule has 0 heterocycles. The van der Waals surface area contributed by atoms with Gasteiger partial charge in [-0.3, -0.25) is 0 Å². The molecule has 1 unspecified atom stereocenters. The third-order valence-corrected chi connectivity index (χ3v) is 2.49. The van der Waals surface area contributed by atoms with Gasteiger partial charge in [0.05, 0.1) is 0 Å². The van der Waals surface area contributed by atoms with Crippen molar-refractivity contribution >= 4 is 0 Å². The normalized spacial score (nSPS) is 27.5. The van der Waals surface area contributed by atoms with Crippen LogP contribution < -0.4 is 10.6 Å². The molecule has 0 fully saturated rings. The Hall–Kier alpha value is -0.600. The van der Waals surface area contributed by atoms with Crippen LogP contribution in [0, 0.1) is 5.41 Å². The molecule has 0 aromatic rings. The molecule has 0 aromatic carbocycles. The van der Waals surface area contributed by atoms with Gasteiger partial charge in [0.2, 0.25) is 0 Å². The van der Waals surface area contributed by atoms with Crippen LogP contribution in [-0.4, -0.2) is 27.2 Å². The van der Waals surface area contributed by atoms with Gasteiger partial charge in [-0.05, 0) is 26.1 Å². The molecule has 0 aromatic heterocycles. The zero-order valence-corrected chi connectivity index (χ0v) is 8.85. The Balaban J connectivity index is 2.51. The highest BCUT2D eigenvalue weighted by Gasteiger charge is 2.20. The molecule has 1 rings (SSSR count). The highest BCUT2D eigenvalue weighted by atomic mass is 14.8. The van der Waals surface area contributed by atoms with Crippen LogP contribution in [0.25, 0.3) is 0 Å². The summed E-state index contributed by atoms with van der Waals surface area (Å²) >= 11 is 0. The highest BCUT2D eigenvalue weighted by molar-refractivity contribution is 5.27. The summed E-state index contributed by atoms with van der Waals surface area (Å²) in [6.07, 6.45) is 8.02. The van der Waals surface area contributed by atoms with E-state index in [0.717, 1.165) is 19.5 Å². The molecule has 0 saturated heterocycles. The van der Waals surface area contributed by atoms with Crippen LogP contribution in [0.15, 0.2) is 23.8 Å². The van der Waals surface area contributed by atoms with Gasteiger partial charge in [0.25, 0.3) is 0 Å². The summed E-state index contributed by atoms with van der Waals surface area (Å²) < 4.78 is 0. The number of rotatable bonds is 4. The van der Waals surface area contributed by atoms with E-state index in [2.05, 4.69) is 35.8 Å². The van der Waals surface area contributed by atoms with E-state index in [0.29, 0.717) is 5.41 Å². The van der Waals surface area contributed by atoms with E-state index in [1.807, 2.05) is 14.1 Å². The van der Waals surface area contributed by atoms with Crippen molar-refractivity contribution in [1.29, 1.82) is 0 Å². The Labute approximate surface area is 81.1 Å². The first-order valence-electron chi connectivity index (χ1n) is 4.88. The molecule has 1 aliphatic carbocycles. The molecule has 0 aliphatic heterocycles. The molecule has 13 heavy (non-hydrogen) atoms. The second-order valence-electron chi connectivity index (χ2n) is 4.03. The fourth-order valence-electron chi connectivity index (χ4n) is 1.68. The third kappa shape index (κ3) is 2.98. The molecule has 74 valence electrons. The van der Waals surface area contributed by atoms with Crippen LogP contribution in [0.3, 0.4) is 0 Å². The minimum atomic E-state index is 0.311. The van der Waals surface area contributed by atoms with E-state index < -0.39 is 0 Å². The maximum absolute atomic E-state index is 3.23. The van der Waals surface area contributed by atoms with Crippen molar-refractivity contribution in [3.63, 3.8) is 0 Å². The predicted octanol–water partition coefficient (Wildman–Crippen LogP) is 1.32. The van der Waals surface area contributed by atoms with Gasteiger partial charge >= 0.3 is 0 Å². The van der Waals surface area contributed by atoms with Crippen molar-refractivity contribution in [1.82, 2.24) is 10.6 Å². The maximum atomic E-state index is 3.23. The van der Waals surface area contributed by atoms with E-state index in [1.54, 1.807) is 0 Å². The average Bonchev–Trinajstić information content (AvgIpc) is 2.10. The summed E-state index contributed by atoms with van der Waals surface area (Å²) in [4.78, 5) is 0. The van der Waals surface area contributed by atoms with Crippen LogP contribution in [0.1, 0.15) is 13.3 Å². The second kappa shape index (κ2) is 4.58. The molecule has 0 radical (unpaired) electrons. The van der Waals surface area contributed by atoms with Crippen molar-refractivity contribution in [3.05, 3.63) is 23.8 Å². The summed E-state index contributed by atoms with van der Waals surface area (Å²) in [7, 11) is 3.99. The molecular formula is C11H20N2. The summed E-state index contributed by atoms with van der Waals surface area (Å²) in [6.45, 7) is 4.31. The fourth-order valence-corrected chi connectivity index (χ4v) is 1.68. The molecule has 2 N–H and O–H groups in total. The van der Waals surface area contributed by atoms with E-state index in [4.69, 9.17) is 0 Å². The second-order valence-corrected chi connectivity index (χ2v) is 4.03. The van der Waals surface area contributed by atoms with Crippen molar-refractivity contribution < 1.29 is 0 Å². The number of hydrogen-bond acceptors (Lipinski definition) is 2. The molecule has 2 heteroatoms. The summed E-state index contributed by atoms with van der Waals surface area (Å²) in [5.74, 6) is 0. The molecule has 1 aliphatic rings. The van der Waals surface area contributed by atoms with Gasteiger partial charge in [0.1, 0.15) is 0 Å². The van der Waals surface area contributed by atoms with E-state index in [-0.39, 0.29) is 0 Å². The average molecular weight is 180 g/mol. The van der Waals surface area contributed by atoms with E-state index in [1.165, 1.54) is 5.57 Å². The number of hydrogen-bond donors (Lipinski definition) is 2. The maximum Gasteiger partial charge on any atom is 0.0199 e. The lowest BCUT2D eigenvalue weighted by Gasteiger charge is -2.27. The Kier molecular flexibility index (Phi) is 3.70. The lowest BCUT2D eigenvalue weighted by molar-refractivity contribution is 0.408. The summed E-state index contributed by atoms with van der Waals surface area (Å²) in [5.41, 5.74) is 1.71. The van der Waals surface area contributed by atoms with Crippen molar-refractivity contribution in [3.8, 4) is 0 Å². The van der Waals surface area contributed by atoms with Gasteiger partial charge in [-0.2, -0.15) is 0 Å². The molecule has 0 amide bonds. The minimum absolute atomic E-state index is 0.311. The van der Waals surface area contributed by atoms with Crippen molar-refractivity contribution in [2.24, 2.45) is 5.41 Å². The van der Waals surface area contributed by atoms with Gasteiger partial charge in [0.15, 0.2) is 0 Å². The highest BCUT2D eigenvalue weighted by Crippen LogP contribution is 2.28. The van der Waals surface area contributed by atoms with E-state index >= 15 is 0 Å². The molecule has 0 spiro atoms. The summed E-state index contributed by atoms with van der Waals surface area (Å²) in [5, 5.41) is 6.39.